The summed E-state index contributed by atoms with van der Waals surface area (Å²) in [5.41, 5.74) is 4.59. The van der Waals surface area contributed by atoms with Gasteiger partial charge in [0.2, 0.25) is 5.91 Å². The number of amides is 2. The van der Waals surface area contributed by atoms with Crippen LogP contribution >= 0.6 is 11.6 Å². The van der Waals surface area contributed by atoms with Crippen LogP contribution in [0.5, 0.6) is 0 Å². The molecule has 0 aliphatic carbocycles. The van der Waals surface area contributed by atoms with E-state index >= 15 is 0 Å². The first-order valence-corrected chi connectivity index (χ1v) is 14.4. The second kappa shape index (κ2) is 12.5. The van der Waals surface area contributed by atoms with E-state index in [0.29, 0.717) is 52.7 Å². The lowest BCUT2D eigenvalue weighted by molar-refractivity contribution is -0.938. The maximum Gasteiger partial charge on any atom is 0.411 e. The summed E-state index contributed by atoms with van der Waals surface area (Å²) in [5, 5.41) is 15.6. The number of morpholine rings is 1. The van der Waals surface area contributed by atoms with Crippen molar-refractivity contribution in [2.75, 3.05) is 24.7 Å². The zero-order chi connectivity index (χ0) is 28.7. The van der Waals surface area contributed by atoms with Crippen molar-refractivity contribution in [3.05, 3.63) is 82.9 Å². The Hall–Kier alpha value is -2.70. The van der Waals surface area contributed by atoms with Gasteiger partial charge in [0.15, 0.2) is 0 Å². The molecule has 0 aromatic heterocycles. The molecular weight excluding hydrogens is 669 g/mol. The number of epoxide rings is 1. The number of carbonyl (C=O) groups excluding carboxylic acids is 2. The van der Waals surface area contributed by atoms with E-state index in [-0.39, 0.29) is 49.0 Å². The van der Waals surface area contributed by atoms with E-state index in [9.17, 15) is 14.7 Å². The van der Waals surface area contributed by atoms with E-state index < -0.39 is 6.09 Å². The van der Waals surface area contributed by atoms with Gasteiger partial charge in [-0.25, -0.2) is 4.79 Å². The molecule has 0 saturated carbocycles. The number of piperidine rings is 1. The zero-order valence-electron chi connectivity index (χ0n) is 23.6. The Labute approximate surface area is 267 Å². The van der Waals surface area contributed by atoms with Gasteiger partial charge in [-0.3, -0.25) is 10.1 Å². The molecule has 5 atom stereocenters. The van der Waals surface area contributed by atoms with Crippen molar-refractivity contribution in [2.24, 2.45) is 0 Å². The summed E-state index contributed by atoms with van der Waals surface area (Å²) in [7, 11) is 4.50. The monoisotopic (exact) mass is 703 g/mol. The number of aryl methyl sites for hydroxylation is 1. The third-order valence-electron chi connectivity index (χ3n) is 8.87. The second-order valence-electron chi connectivity index (χ2n) is 11.7. The number of fused-ring (bicyclic) bond motifs is 5. The van der Waals surface area contributed by atoms with E-state index in [0.717, 1.165) is 34.0 Å². The van der Waals surface area contributed by atoms with E-state index in [1.807, 2.05) is 48.5 Å². The fourth-order valence-corrected chi connectivity index (χ4v) is 6.79. The van der Waals surface area contributed by atoms with Gasteiger partial charge in [0.1, 0.15) is 30.4 Å². The van der Waals surface area contributed by atoms with Crippen molar-refractivity contribution in [1.29, 1.82) is 0 Å². The number of benzene rings is 3. The first kappa shape index (κ1) is 30.7. The molecule has 3 heterocycles. The first-order chi connectivity index (χ1) is 19.7. The number of rotatable bonds is 8. The molecule has 42 heavy (non-hydrogen) atoms. The van der Waals surface area contributed by atoms with Gasteiger partial charge < -0.3 is 48.4 Å². The molecule has 3 aliphatic rings. The third-order valence-corrected chi connectivity index (χ3v) is 9.22. The predicted octanol–water partition coefficient (Wildman–Crippen LogP) is 2.38. The Morgan fingerprint density at radius 1 is 1.00 bits per heavy atom. The van der Waals surface area contributed by atoms with Crippen molar-refractivity contribution in [2.45, 2.75) is 62.7 Å². The van der Waals surface area contributed by atoms with Crippen molar-refractivity contribution >= 4 is 35.0 Å². The Bertz CT molecular complexity index is 1450. The largest absolute Gasteiger partial charge is 1.00 e. The number of halogens is 2. The summed E-state index contributed by atoms with van der Waals surface area (Å²) < 4.78 is 12.7. The molecule has 2 bridgehead atoms. The molecule has 8 nitrogen and oxygen atoms in total. The molecule has 10 heteroatoms. The topological polar surface area (TPSA) is 100 Å². The van der Waals surface area contributed by atoms with Gasteiger partial charge in [0.25, 0.3) is 0 Å². The Morgan fingerprint density at radius 2 is 1.71 bits per heavy atom. The number of anilines is 2. The average Bonchev–Trinajstić information content (AvgIpc) is 3.71. The molecule has 3 saturated heterocycles. The summed E-state index contributed by atoms with van der Waals surface area (Å²) in [6, 6.07) is 21.5. The number of likely N-dealkylation sites (N-methyl/N-ethyl adjacent to an activating group) is 1. The van der Waals surface area contributed by atoms with Crippen LogP contribution in [0.3, 0.4) is 0 Å². The minimum Gasteiger partial charge on any atom is -1.00 e. The number of nitrogens with one attached hydrogen (secondary N) is 2. The summed E-state index contributed by atoms with van der Waals surface area (Å²) in [6.07, 6.45) is 2.31. The molecule has 2 amide bonds. The molecular formula is C32H35ClIN3O5. The highest BCUT2D eigenvalue weighted by molar-refractivity contribution is 6.31. The van der Waals surface area contributed by atoms with Crippen LogP contribution in [0.25, 0.3) is 11.1 Å². The van der Waals surface area contributed by atoms with E-state index in [2.05, 4.69) is 24.7 Å². The highest BCUT2D eigenvalue weighted by Gasteiger charge is 2.70. The molecule has 3 aromatic carbocycles. The average molecular weight is 704 g/mol. The van der Waals surface area contributed by atoms with E-state index in [1.54, 1.807) is 18.2 Å². The standard InChI is InChI=1S/C32H34ClN3O5.HI/c1-36(2)27-16-23(17-28(36)31-30(27)41-31)40-32(39)35-26-14-19(8-12-24(26)20-6-4-3-5-7-20)9-13-29(38)34-22-11-10-21(18-37)25(33)15-22;/h3-8,10-12,14-15,23,27-28,30-31,37H,9,13,16-18H2,1-2H3,(H-,34,35,38,39);1H/t23?,27-,28+,30-,31+;. The Morgan fingerprint density at radius 3 is 2.38 bits per heavy atom. The van der Waals surface area contributed by atoms with Crippen molar-refractivity contribution in [3.63, 3.8) is 0 Å². The highest BCUT2D eigenvalue weighted by atomic mass is 127. The number of aliphatic hydroxyl groups is 1. The van der Waals surface area contributed by atoms with Gasteiger partial charge >= 0.3 is 6.09 Å². The number of aliphatic hydroxyl groups excluding tert-OH is 1. The van der Waals surface area contributed by atoms with Gasteiger partial charge in [-0.15, -0.1) is 0 Å². The van der Waals surface area contributed by atoms with Gasteiger partial charge in [-0.05, 0) is 41.3 Å². The minimum atomic E-state index is -0.466. The van der Waals surface area contributed by atoms with E-state index in [1.165, 1.54) is 0 Å². The molecule has 0 radical (unpaired) electrons. The molecule has 3 N–H and O–H groups in total. The molecule has 3 aliphatic heterocycles. The quantitative estimate of drug-likeness (QED) is 0.190. The number of ether oxygens (including phenoxy) is 2. The fourth-order valence-electron chi connectivity index (χ4n) is 6.55. The van der Waals surface area contributed by atoms with Gasteiger partial charge in [-0.1, -0.05) is 60.1 Å². The van der Waals surface area contributed by atoms with Crippen LogP contribution < -0.4 is 34.6 Å². The first-order valence-electron chi connectivity index (χ1n) is 14.1. The SMILES string of the molecule is C[N+]1(C)[C@@H]2CC(OC(=O)Nc3cc(CCC(=O)Nc4ccc(CO)c(Cl)c4)ccc3-c3ccccc3)C[C@H]1[C@@H]1O[C@@H]12.[I-]. The number of carbonyl (C=O) groups is 2. The van der Waals surface area contributed by atoms with Crippen LogP contribution in [-0.4, -0.2) is 66.1 Å². The lowest BCUT2D eigenvalue weighted by Crippen LogP contribution is -3.00. The number of nitrogens with zero attached hydrogens (tertiary/aromatic N) is 1. The van der Waals surface area contributed by atoms with Crippen LogP contribution in [-0.2, 0) is 27.3 Å². The summed E-state index contributed by atoms with van der Waals surface area (Å²) in [4.78, 5) is 25.8. The lowest BCUT2D eigenvalue weighted by atomic mass is 9.96. The van der Waals surface area contributed by atoms with Crippen LogP contribution in [0, 0.1) is 0 Å². The fraction of sp³-hybridized carbons (Fsp3) is 0.375. The van der Waals surface area contributed by atoms with Crippen molar-refractivity contribution < 1.29 is 52.6 Å². The third kappa shape index (κ3) is 6.30. The lowest BCUT2D eigenvalue weighted by Gasteiger charge is -2.45. The van der Waals surface area contributed by atoms with Crippen molar-refractivity contribution in [3.8, 4) is 11.1 Å². The molecule has 3 fully saturated rings. The molecule has 222 valence electrons. The second-order valence-corrected chi connectivity index (χ2v) is 12.1. The highest BCUT2D eigenvalue weighted by Crippen LogP contribution is 2.51. The van der Waals surface area contributed by atoms with Crippen LogP contribution in [0.4, 0.5) is 16.2 Å². The van der Waals surface area contributed by atoms with Gasteiger partial charge in [0, 0.05) is 35.5 Å². The van der Waals surface area contributed by atoms with Crippen LogP contribution in [0.1, 0.15) is 30.4 Å². The van der Waals surface area contributed by atoms with Gasteiger partial charge in [0.05, 0.1) is 26.4 Å². The predicted molar refractivity (Wildman–Crippen MR) is 158 cm³/mol. The van der Waals surface area contributed by atoms with Crippen molar-refractivity contribution in [1.82, 2.24) is 0 Å². The number of quaternary nitrogens is 1. The summed E-state index contributed by atoms with van der Waals surface area (Å²) >= 11 is 6.15. The number of hydrogen-bond donors (Lipinski definition) is 3. The maximum absolute atomic E-state index is 13.1. The molecule has 3 aromatic rings. The molecule has 0 spiro atoms. The summed E-state index contributed by atoms with van der Waals surface area (Å²) in [6.45, 7) is -0.162. The minimum absolute atomic E-state index is 0. The number of hydrogen-bond acceptors (Lipinski definition) is 5. The summed E-state index contributed by atoms with van der Waals surface area (Å²) in [5.74, 6) is -0.158. The Kier molecular flexibility index (Phi) is 9.15. The van der Waals surface area contributed by atoms with E-state index in [4.69, 9.17) is 21.1 Å². The van der Waals surface area contributed by atoms with Crippen LogP contribution in [0.15, 0.2) is 66.7 Å². The Balaban J connectivity index is 0.00000353. The normalized spacial score (nSPS) is 24.6. The maximum atomic E-state index is 13.1. The van der Waals surface area contributed by atoms with Crippen LogP contribution in [0.2, 0.25) is 5.02 Å². The molecule has 6 rings (SSSR count). The zero-order valence-corrected chi connectivity index (χ0v) is 26.5. The molecule has 1 unspecified atom stereocenters. The van der Waals surface area contributed by atoms with Gasteiger partial charge in [-0.2, -0.15) is 0 Å². The smallest absolute Gasteiger partial charge is 0.411 e.